The third-order valence-electron chi connectivity index (χ3n) is 7.08. The summed E-state index contributed by atoms with van der Waals surface area (Å²) in [5.41, 5.74) is 1.76. The summed E-state index contributed by atoms with van der Waals surface area (Å²) >= 11 is 0. The van der Waals surface area contributed by atoms with Gasteiger partial charge in [-0.05, 0) is 66.5 Å². The number of allylic oxidation sites excluding steroid dienone is 2. The molecular weight excluding hydrogens is 364 g/mol. The topological polar surface area (TPSA) is 66.5 Å². The van der Waals surface area contributed by atoms with E-state index < -0.39 is 0 Å². The van der Waals surface area contributed by atoms with Crippen LogP contribution in [0.5, 0.6) is 0 Å². The first-order chi connectivity index (χ1) is 14.1. The Morgan fingerprint density at radius 3 is 2.00 bits per heavy atom. The van der Waals surface area contributed by atoms with Crippen molar-refractivity contribution in [3.63, 3.8) is 0 Å². The largest absolute Gasteiger partial charge is 0.322 e. The van der Waals surface area contributed by atoms with Crippen LogP contribution in [0.4, 0.5) is 11.4 Å². The van der Waals surface area contributed by atoms with E-state index in [1.165, 1.54) is 4.90 Å². The monoisotopic (exact) mass is 384 g/mol. The molecule has 4 aliphatic carbocycles. The molecule has 1 N–H and O–H groups in total. The zero-order valence-corrected chi connectivity index (χ0v) is 15.7. The number of imide groups is 1. The molecule has 0 radical (unpaired) electrons. The van der Waals surface area contributed by atoms with Crippen molar-refractivity contribution in [1.29, 1.82) is 0 Å². The lowest BCUT2D eigenvalue weighted by atomic mass is 9.63. The summed E-state index contributed by atoms with van der Waals surface area (Å²) in [6, 6.07) is 16.0. The molecule has 6 atom stereocenters. The van der Waals surface area contributed by atoms with Gasteiger partial charge in [0.05, 0.1) is 17.5 Å². The van der Waals surface area contributed by atoms with E-state index >= 15 is 0 Å². The van der Waals surface area contributed by atoms with Gasteiger partial charge in [0.2, 0.25) is 11.8 Å². The van der Waals surface area contributed by atoms with Crippen molar-refractivity contribution in [2.75, 3.05) is 10.2 Å². The van der Waals surface area contributed by atoms with E-state index in [4.69, 9.17) is 0 Å². The first kappa shape index (κ1) is 16.7. The minimum Gasteiger partial charge on any atom is -0.322 e. The fraction of sp³-hybridized carbons (Fsp3) is 0.292. The molecule has 2 saturated carbocycles. The normalized spacial score (nSPS) is 33.4. The van der Waals surface area contributed by atoms with Crippen molar-refractivity contribution in [3.8, 4) is 0 Å². The highest BCUT2D eigenvalue weighted by Crippen LogP contribution is 2.65. The number of carbonyl (C=O) groups excluding carboxylic acids is 3. The number of nitrogens with zero attached hydrogens (tertiary/aromatic N) is 1. The van der Waals surface area contributed by atoms with E-state index in [1.807, 2.05) is 30.3 Å². The molecule has 2 aromatic carbocycles. The number of rotatable bonds is 3. The van der Waals surface area contributed by atoms with Gasteiger partial charge in [-0.15, -0.1) is 0 Å². The second kappa shape index (κ2) is 5.89. The first-order valence-corrected chi connectivity index (χ1v) is 10.2. The van der Waals surface area contributed by atoms with E-state index in [1.54, 1.807) is 24.3 Å². The molecule has 5 aliphatic rings. The van der Waals surface area contributed by atoms with Gasteiger partial charge in [-0.3, -0.25) is 19.3 Å². The number of hydrogen-bond acceptors (Lipinski definition) is 3. The van der Waals surface area contributed by atoms with Gasteiger partial charge in [-0.2, -0.15) is 0 Å². The minimum absolute atomic E-state index is 0.0776. The molecule has 7 rings (SSSR count). The molecule has 0 aromatic heterocycles. The summed E-state index contributed by atoms with van der Waals surface area (Å²) < 4.78 is 0. The molecule has 1 aliphatic heterocycles. The fourth-order valence-corrected chi connectivity index (χ4v) is 5.70. The van der Waals surface area contributed by atoms with Crippen LogP contribution in [-0.2, 0) is 9.59 Å². The lowest BCUT2D eigenvalue weighted by molar-refractivity contribution is -0.124. The number of carbonyl (C=O) groups is 3. The quantitative estimate of drug-likeness (QED) is 0.651. The summed E-state index contributed by atoms with van der Waals surface area (Å²) in [5, 5.41) is 2.84. The third-order valence-corrected chi connectivity index (χ3v) is 7.08. The van der Waals surface area contributed by atoms with Gasteiger partial charge in [0.15, 0.2) is 0 Å². The van der Waals surface area contributed by atoms with Gasteiger partial charge in [-0.25, -0.2) is 0 Å². The van der Waals surface area contributed by atoms with Crippen LogP contribution in [0.2, 0.25) is 0 Å². The van der Waals surface area contributed by atoms with Crippen LogP contribution in [0.3, 0.4) is 0 Å². The van der Waals surface area contributed by atoms with Gasteiger partial charge in [0.25, 0.3) is 5.91 Å². The van der Waals surface area contributed by atoms with Crippen molar-refractivity contribution >= 4 is 29.1 Å². The number of hydrogen-bond donors (Lipinski definition) is 1. The minimum atomic E-state index is -0.224. The second-order valence-electron chi connectivity index (χ2n) is 8.53. The molecule has 3 amide bonds. The van der Waals surface area contributed by atoms with Crippen LogP contribution in [-0.4, -0.2) is 17.7 Å². The van der Waals surface area contributed by atoms with Gasteiger partial charge >= 0.3 is 0 Å². The molecule has 1 heterocycles. The number of anilines is 2. The maximum absolute atomic E-state index is 13.2. The molecule has 3 fully saturated rings. The molecular formula is C24H20N2O3. The van der Waals surface area contributed by atoms with Gasteiger partial charge in [0.1, 0.15) is 0 Å². The Morgan fingerprint density at radius 1 is 0.828 bits per heavy atom. The maximum Gasteiger partial charge on any atom is 0.255 e. The van der Waals surface area contributed by atoms with Crippen molar-refractivity contribution in [2.45, 2.75) is 6.42 Å². The zero-order valence-electron chi connectivity index (χ0n) is 15.7. The van der Waals surface area contributed by atoms with Crippen molar-refractivity contribution < 1.29 is 14.4 Å². The third kappa shape index (κ3) is 2.36. The van der Waals surface area contributed by atoms with Gasteiger partial charge < -0.3 is 5.32 Å². The van der Waals surface area contributed by atoms with Crippen LogP contribution >= 0.6 is 0 Å². The highest BCUT2D eigenvalue weighted by Gasteiger charge is 2.67. The summed E-state index contributed by atoms with van der Waals surface area (Å²) in [4.78, 5) is 40.1. The number of nitrogens with one attached hydrogen (secondary N) is 1. The molecule has 2 aromatic rings. The Kier molecular flexibility index (Phi) is 3.40. The number of para-hydroxylation sites is 1. The van der Waals surface area contributed by atoms with Gasteiger partial charge in [-0.1, -0.05) is 30.4 Å². The summed E-state index contributed by atoms with van der Waals surface area (Å²) in [7, 11) is 0. The lowest BCUT2D eigenvalue weighted by Gasteiger charge is -2.37. The molecule has 0 spiro atoms. The summed E-state index contributed by atoms with van der Waals surface area (Å²) in [5.74, 6) is 0.818. The molecule has 29 heavy (non-hydrogen) atoms. The summed E-state index contributed by atoms with van der Waals surface area (Å²) in [6.45, 7) is 0. The maximum atomic E-state index is 13.2. The first-order valence-electron chi connectivity index (χ1n) is 10.2. The highest BCUT2D eigenvalue weighted by atomic mass is 16.2. The van der Waals surface area contributed by atoms with E-state index in [-0.39, 0.29) is 41.4 Å². The SMILES string of the molecule is O=C(Nc1ccccc1)c1ccc(N2C(=O)[C@@H]3[C@H]4C=C[C@@H]([C@@H]5C[C@@H]45)[C@@H]3C2=O)cc1. The predicted molar refractivity (Wildman–Crippen MR) is 108 cm³/mol. The molecule has 1 saturated heterocycles. The molecule has 5 nitrogen and oxygen atoms in total. The standard InChI is InChI=1S/C24H20N2O3/c27-22(25-14-4-2-1-3-5-14)13-6-8-15(9-7-13)26-23(28)20-16-10-11-17(19-12-18(16)19)21(20)24(26)29/h1-11,16-21H,12H2,(H,25,27)/t16-,17-,18-,19-,20-,21+/m0/s1. The zero-order chi connectivity index (χ0) is 19.7. The number of amides is 3. The van der Waals surface area contributed by atoms with Crippen LogP contribution in [0.25, 0.3) is 0 Å². The molecule has 144 valence electrons. The van der Waals surface area contributed by atoms with E-state index in [2.05, 4.69) is 17.5 Å². The fourth-order valence-electron chi connectivity index (χ4n) is 5.70. The van der Waals surface area contributed by atoms with Crippen LogP contribution in [0, 0.1) is 35.5 Å². The average molecular weight is 384 g/mol. The molecule has 5 heteroatoms. The van der Waals surface area contributed by atoms with E-state index in [0.29, 0.717) is 23.1 Å². The van der Waals surface area contributed by atoms with Crippen LogP contribution in [0.15, 0.2) is 66.7 Å². The molecule has 0 unspecified atom stereocenters. The Labute approximate surface area is 168 Å². The van der Waals surface area contributed by atoms with Crippen molar-refractivity contribution in [3.05, 3.63) is 72.3 Å². The Morgan fingerprint density at radius 2 is 1.41 bits per heavy atom. The second-order valence-corrected chi connectivity index (χ2v) is 8.53. The highest BCUT2D eigenvalue weighted by molar-refractivity contribution is 6.22. The van der Waals surface area contributed by atoms with Crippen LogP contribution in [0.1, 0.15) is 16.8 Å². The van der Waals surface area contributed by atoms with Gasteiger partial charge in [0, 0.05) is 11.3 Å². The summed E-state index contributed by atoms with van der Waals surface area (Å²) in [6.07, 6.45) is 5.50. The van der Waals surface area contributed by atoms with Crippen molar-refractivity contribution in [1.82, 2.24) is 0 Å². The smallest absolute Gasteiger partial charge is 0.255 e. The Balaban J connectivity index is 1.24. The lowest BCUT2D eigenvalue weighted by Crippen LogP contribution is -2.40. The average Bonchev–Trinajstić information content (AvgIpc) is 3.53. The molecule has 2 bridgehead atoms. The Hall–Kier alpha value is -3.21. The van der Waals surface area contributed by atoms with E-state index in [9.17, 15) is 14.4 Å². The van der Waals surface area contributed by atoms with Crippen molar-refractivity contribution in [2.24, 2.45) is 35.5 Å². The Bertz CT molecular complexity index is 1020. The number of benzene rings is 2. The predicted octanol–water partition coefficient (Wildman–Crippen LogP) is 3.50. The van der Waals surface area contributed by atoms with E-state index in [0.717, 1.165) is 12.1 Å². The van der Waals surface area contributed by atoms with Crippen LogP contribution < -0.4 is 10.2 Å².